The molecule has 5 nitrogen and oxygen atoms in total. The Kier molecular flexibility index (Phi) is 4.75. The first kappa shape index (κ1) is 13.1. The van der Waals surface area contributed by atoms with Gasteiger partial charge in [-0.1, -0.05) is 0 Å². The van der Waals surface area contributed by atoms with Crippen LogP contribution in [-0.4, -0.2) is 42.7 Å². The molecule has 18 heavy (non-hydrogen) atoms. The quantitative estimate of drug-likeness (QED) is 0.800. The van der Waals surface area contributed by atoms with E-state index in [1.165, 1.54) is 25.8 Å². The predicted octanol–water partition coefficient (Wildman–Crippen LogP) is 1.49. The van der Waals surface area contributed by atoms with Crippen LogP contribution in [0.2, 0.25) is 0 Å². The molecule has 2 N–H and O–H groups in total. The van der Waals surface area contributed by atoms with E-state index in [1.807, 2.05) is 6.07 Å². The molecule has 0 amide bonds. The molecular formula is C13H23N5. The van der Waals surface area contributed by atoms with Gasteiger partial charge in [0.05, 0.1) is 0 Å². The van der Waals surface area contributed by atoms with E-state index >= 15 is 0 Å². The van der Waals surface area contributed by atoms with Gasteiger partial charge in [-0.15, -0.1) is 0 Å². The zero-order valence-corrected chi connectivity index (χ0v) is 11.3. The highest BCUT2D eigenvalue weighted by molar-refractivity contribution is 5.47. The zero-order chi connectivity index (χ0) is 12.8. The Balaban J connectivity index is 1.86. The Morgan fingerprint density at radius 3 is 3.11 bits per heavy atom. The van der Waals surface area contributed by atoms with Crippen molar-refractivity contribution in [3.63, 3.8) is 0 Å². The number of nitrogens with one attached hydrogen (secondary N) is 2. The van der Waals surface area contributed by atoms with Gasteiger partial charge in [-0.05, 0) is 32.7 Å². The van der Waals surface area contributed by atoms with Crippen LogP contribution in [0.3, 0.4) is 0 Å². The number of nitrogens with zero attached hydrogens (tertiary/aromatic N) is 3. The van der Waals surface area contributed by atoms with Crippen molar-refractivity contribution in [2.75, 3.05) is 36.9 Å². The average molecular weight is 249 g/mol. The molecule has 0 radical (unpaired) electrons. The van der Waals surface area contributed by atoms with Gasteiger partial charge in [0.25, 0.3) is 0 Å². The fourth-order valence-electron chi connectivity index (χ4n) is 2.30. The predicted molar refractivity (Wildman–Crippen MR) is 75.1 cm³/mol. The largest absolute Gasteiger partial charge is 0.370 e. The minimum absolute atomic E-state index is 0.683. The molecule has 1 aliphatic rings. The first-order valence-electron chi connectivity index (χ1n) is 6.80. The van der Waals surface area contributed by atoms with Crippen LogP contribution in [-0.2, 0) is 0 Å². The Hall–Kier alpha value is -1.36. The first-order chi connectivity index (χ1) is 8.79. The van der Waals surface area contributed by atoms with Crippen molar-refractivity contribution in [1.29, 1.82) is 0 Å². The van der Waals surface area contributed by atoms with Crippen LogP contribution in [0.1, 0.15) is 26.2 Å². The molecule has 0 bridgehead atoms. The minimum atomic E-state index is 0.683. The van der Waals surface area contributed by atoms with Crippen LogP contribution >= 0.6 is 0 Å². The fraction of sp³-hybridized carbons (Fsp3) is 0.692. The Bertz CT molecular complexity index is 362. The van der Waals surface area contributed by atoms with E-state index in [4.69, 9.17) is 0 Å². The lowest BCUT2D eigenvalue weighted by molar-refractivity contribution is 0.558. The lowest BCUT2D eigenvalue weighted by atomic mass is 10.1. The molecule has 0 aliphatic carbocycles. The number of aromatic nitrogens is 2. The number of anilines is 2. The molecule has 100 valence electrons. The van der Waals surface area contributed by atoms with E-state index in [1.54, 1.807) is 6.33 Å². The zero-order valence-electron chi connectivity index (χ0n) is 11.3. The second-order valence-corrected chi connectivity index (χ2v) is 4.80. The SMILES string of the molecule is CCNc1cc(N(C)CCC2CCCN2)ncn1. The van der Waals surface area contributed by atoms with E-state index in [0.29, 0.717) is 6.04 Å². The highest BCUT2D eigenvalue weighted by atomic mass is 15.2. The number of hydrogen-bond acceptors (Lipinski definition) is 5. The van der Waals surface area contributed by atoms with Crippen molar-refractivity contribution in [1.82, 2.24) is 15.3 Å². The molecular weight excluding hydrogens is 226 g/mol. The standard InChI is InChI=1S/C13H23N5/c1-3-14-12-9-13(17-10-16-12)18(2)8-6-11-5-4-7-15-11/h9-11,15H,3-8H2,1-2H3,(H,14,16,17). The van der Waals surface area contributed by atoms with Gasteiger partial charge in [0.1, 0.15) is 18.0 Å². The maximum absolute atomic E-state index is 4.32. The smallest absolute Gasteiger partial charge is 0.133 e. The van der Waals surface area contributed by atoms with Gasteiger partial charge in [0.15, 0.2) is 0 Å². The van der Waals surface area contributed by atoms with E-state index in [2.05, 4.69) is 39.5 Å². The number of hydrogen-bond donors (Lipinski definition) is 2. The van der Waals surface area contributed by atoms with Gasteiger partial charge >= 0.3 is 0 Å². The van der Waals surface area contributed by atoms with E-state index < -0.39 is 0 Å². The summed E-state index contributed by atoms with van der Waals surface area (Å²) in [5.41, 5.74) is 0. The Morgan fingerprint density at radius 1 is 1.50 bits per heavy atom. The van der Waals surface area contributed by atoms with E-state index in [-0.39, 0.29) is 0 Å². The summed E-state index contributed by atoms with van der Waals surface area (Å²) in [4.78, 5) is 10.7. The van der Waals surface area contributed by atoms with Crippen LogP contribution in [0.25, 0.3) is 0 Å². The molecule has 0 saturated carbocycles. The highest BCUT2D eigenvalue weighted by Crippen LogP contribution is 2.15. The van der Waals surface area contributed by atoms with E-state index in [9.17, 15) is 0 Å². The Labute approximate surface area is 109 Å². The highest BCUT2D eigenvalue weighted by Gasteiger charge is 2.14. The second kappa shape index (κ2) is 6.54. The summed E-state index contributed by atoms with van der Waals surface area (Å²) >= 11 is 0. The lowest BCUT2D eigenvalue weighted by Crippen LogP contribution is -2.28. The van der Waals surface area contributed by atoms with Crippen LogP contribution in [0.15, 0.2) is 12.4 Å². The molecule has 2 heterocycles. The van der Waals surface area contributed by atoms with Crippen LogP contribution in [0, 0.1) is 0 Å². The van der Waals surface area contributed by atoms with Gasteiger partial charge in [-0.2, -0.15) is 0 Å². The van der Waals surface area contributed by atoms with Crippen molar-refractivity contribution >= 4 is 11.6 Å². The summed E-state index contributed by atoms with van der Waals surface area (Å²) < 4.78 is 0. The third kappa shape index (κ3) is 3.57. The maximum Gasteiger partial charge on any atom is 0.133 e. The summed E-state index contributed by atoms with van der Waals surface area (Å²) in [5, 5.41) is 6.73. The molecule has 1 aromatic rings. The molecule has 2 rings (SSSR count). The van der Waals surface area contributed by atoms with Crippen molar-refractivity contribution in [3.8, 4) is 0 Å². The van der Waals surface area contributed by atoms with Gasteiger partial charge in [-0.25, -0.2) is 9.97 Å². The third-order valence-electron chi connectivity index (χ3n) is 3.38. The molecule has 0 spiro atoms. The molecule has 1 unspecified atom stereocenters. The molecule has 1 aliphatic heterocycles. The maximum atomic E-state index is 4.32. The Morgan fingerprint density at radius 2 is 2.39 bits per heavy atom. The monoisotopic (exact) mass is 249 g/mol. The molecule has 1 saturated heterocycles. The second-order valence-electron chi connectivity index (χ2n) is 4.80. The number of rotatable bonds is 6. The minimum Gasteiger partial charge on any atom is -0.370 e. The fourth-order valence-corrected chi connectivity index (χ4v) is 2.30. The summed E-state index contributed by atoms with van der Waals surface area (Å²) in [7, 11) is 2.09. The first-order valence-corrected chi connectivity index (χ1v) is 6.80. The van der Waals surface area contributed by atoms with Crippen molar-refractivity contribution < 1.29 is 0 Å². The molecule has 0 aromatic carbocycles. The third-order valence-corrected chi connectivity index (χ3v) is 3.38. The molecule has 5 heteroatoms. The summed E-state index contributed by atoms with van der Waals surface area (Å²) in [6, 6.07) is 2.69. The van der Waals surface area contributed by atoms with Gasteiger partial charge < -0.3 is 15.5 Å². The summed E-state index contributed by atoms with van der Waals surface area (Å²) in [6.45, 7) is 5.15. The molecule has 1 fully saturated rings. The van der Waals surface area contributed by atoms with E-state index in [0.717, 1.165) is 24.7 Å². The van der Waals surface area contributed by atoms with Crippen LogP contribution < -0.4 is 15.5 Å². The van der Waals surface area contributed by atoms with Crippen molar-refractivity contribution in [3.05, 3.63) is 12.4 Å². The van der Waals surface area contributed by atoms with Crippen LogP contribution in [0.4, 0.5) is 11.6 Å². The normalized spacial score (nSPS) is 18.9. The summed E-state index contributed by atoms with van der Waals surface area (Å²) in [5.74, 6) is 1.88. The van der Waals surface area contributed by atoms with Gasteiger partial charge in [0, 0.05) is 32.2 Å². The lowest BCUT2D eigenvalue weighted by Gasteiger charge is -2.20. The molecule has 1 aromatic heterocycles. The van der Waals surface area contributed by atoms with Crippen LogP contribution in [0.5, 0.6) is 0 Å². The topological polar surface area (TPSA) is 53.1 Å². The van der Waals surface area contributed by atoms with Gasteiger partial charge in [0.2, 0.25) is 0 Å². The molecule has 1 atom stereocenters. The van der Waals surface area contributed by atoms with Gasteiger partial charge in [-0.3, -0.25) is 0 Å². The van der Waals surface area contributed by atoms with Crippen molar-refractivity contribution in [2.24, 2.45) is 0 Å². The average Bonchev–Trinajstić information content (AvgIpc) is 2.90. The van der Waals surface area contributed by atoms with Crippen molar-refractivity contribution in [2.45, 2.75) is 32.2 Å². The summed E-state index contributed by atoms with van der Waals surface area (Å²) in [6.07, 6.45) is 5.42.